The molecule has 0 rings (SSSR count). The van der Waals surface area contributed by atoms with Gasteiger partial charge < -0.3 is 0 Å². The number of hydrogen-bond acceptors (Lipinski definition) is 1. The first-order valence-corrected chi connectivity index (χ1v) is 5.75. The molecule has 15 heavy (non-hydrogen) atoms. The molecule has 0 atom stereocenters. The van der Waals surface area contributed by atoms with Gasteiger partial charge in [-0.3, -0.25) is 0 Å². The second kappa shape index (κ2) is 12.7. The van der Waals surface area contributed by atoms with Crippen molar-refractivity contribution < 1.29 is 0 Å². The van der Waals surface area contributed by atoms with Gasteiger partial charge in [0.2, 0.25) is 0 Å². The molecule has 0 N–H and O–H groups in total. The van der Waals surface area contributed by atoms with E-state index in [0.717, 1.165) is 25.7 Å². The van der Waals surface area contributed by atoms with Gasteiger partial charge in [-0.25, -0.2) is 0 Å². The van der Waals surface area contributed by atoms with Crippen LogP contribution in [-0.2, 0) is 0 Å². The van der Waals surface area contributed by atoms with Crippen molar-refractivity contribution in [2.24, 2.45) is 0 Å². The Morgan fingerprint density at radius 2 is 1.80 bits per heavy atom. The molecule has 0 aromatic carbocycles. The molecular weight excluding hydrogens is 182 g/mol. The van der Waals surface area contributed by atoms with Gasteiger partial charge in [-0.15, -0.1) is 0 Å². The highest BCUT2D eigenvalue weighted by atomic mass is 14.2. The average molecular weight is 203 g/mol. The SMILES string of the molecule is CCC/C=C/C=C/C/C=C/CCCC#N. The molecule has 82 valence electrons. The molecule has 0 amide bonds. The van der Waals surface area contributed by atoms with E-state index in [1.54, 1.807) is 0 Å². The topological polar surface area (TPSA) is 23.8 Å². The fourth-order valence-corrected chi connectivity index (χ4v) is 1.09. The lowest BCUT2D eigenvalue weighted by Gasteiger charge is -1.86. The van der Waals surface area contributed by atoms with Crippen molar-refractivity contribution in [2.75, 3.05) is 0 Å². The van der Waals surface area contributed by atoms with Gasteiger partial charge in [-0.05, 0) is 25.7 Å². The maximum Gasteiger partial charge on any atom is 0.0621 e. The van der Waals surface area contributed by atoms with Crippen LogP contribution >= 0.6 is 0 Å². The van der Waals surface area contributed by atoms with Crippen LogP contribution in [0, 0.1) is 11.3 Å². The highest BCUT2D eigenvalue weighted by molar-refractivity contribution is 5.04. The van der Waals surface area contributed by atoms with Gasteiger partial charge in [-0.2, -0.15) is 5.26 Å². The molecule has 0 aromatic heterocycles. The van der Waals surface area contributed by atoms with Gasteiger partial charge in [0.1, 0.15) is 0 Å². The van der Waals surface area contributed by atoms with E-state index in [4.69, 9.17) is 5.26 Å². The predicted molar refractivity (Wildman–Crippen MR) is 66.4 cm³/mol. The van der Waals surface area contributed by atoms with Crippen molar-refractivity contribution in [3.63, 3.8) is 0 Å². The van der Waals surface area contributed by atoms with Gasteiger partial charge in [0.15, 0.2) is 0 Å². The summed E-state index contributed by atoms with van der Waals surface area (Å²) in [6.07, 6.45) is 18.9. The minimum atomic E-state index is 0.667. The Morgan fingerprint density at radius 1 is 1.00 bits per heavy atom. The maximum atomic E-state index is 8.32. The molecule has 0 heterocycles. The lowest BCUT2D eigenvalue weighted by atomic mass is 10.2. The van der Waals surface area contributed by atoms with Crippen molar-refractivity contribution in [3.8, 4) is 6.07 Å². The third-order valence-electron chi connectivity index (χ3n) is 1.94. The van der Waals surface area contributed by atoms with E-state index in [2.05, 4.69) is 49.4 Å². The summed E-state index contributed by atoms with van der Waals surface area (Å²) in [5, 5.41) is 8.32. The summed E-state index contributed by atoms with van der Waals surface area (Å²) in [7, 11) is 0. The van der Waals surface area contributed by atoms with Gasteiger partial charge in [-0.1, -0.05) is 49.8 Å². The van der Waals surface area contributed by atoms with Crippen LogP contribution in [0.5, 0.6) is 0 Å². The molecule has 0 aromatic rings. The summed E-state index contributed by atoms with van der Waals surface area (Å²) < 4.78 is 0. The summed E-state index contributed by atoms with van der Waals surface area (Å²) in [4.78, 5) is 0. The highest BCUT2D eigenvalue weighted by Gasteiger charge is 1.79. The second-order valence-corrected chi connectivity index (χ2v) is 3.40. The van der Waals surface area contributed by atoms with E-state index < -0.39 is 0 Å². The number of rotatable bonds is 8. The van der Waals surface area contributed by atoms with E-state index in [1.807, 2.05) is 0 Å². The Labute approximate surface area is 93.8 Å². The molecular formula is C14H21N. The molecule has 0 radical (unpaired) electrons. The minimum Gasteiger partial charge on any atom is -0.198 e. The van der Waals surface area contributed by atoms with E-state index in [9.17, 15) is 0 Å². The van der Waals surface area contributed by atoms with Crippen LogP contribution in [-0.4, -0.2) is 0 Å². The molecule has 0 saturated heterocycles. The van der Waals surface area contributed by atoms with E-state index in [-0.39, 0.29) is 0 Å². The Morgan fingerprint density at radius 3 is 2.53 bits per heavy atom. The Kier molecular flexibility index (Phi) is 11.6. The zero-order valence-electron chi connectivity index (χ0n) is 9.65. The third kappa shape index (κ3) is 12.7. The third-order valence-corrected chi connectivity index (χ3v) is 1.94. The highest BCUT2D eigenvalue weighted by Crippen LogP contribution is 1.97. The normalized spacial score (nSPS) is 11.7. The van der Waals surface area contributed by atoms with Gasteiger partial charge in [0.05, 0.1) is 6.07 Å². The summed E-state index contributed by atoms with van der Waals surface area (Å²) in [6.45, 7) is 2.18. The molecule has 0 aliphatic rings. The van der Waals surface area contributed by atoms with Crippen LogP contribution in [0.4, 0.5) is 0 Å². The van der Waals surface area contributed by atoms with Crippen molar-refractivity contribution in [2.45, 2.75) is 45.4 Å². The standard InChI is InChI=1S/C14H21N/c1-2-3-4-5-6-7-8-9-10-11-12-13-14-15/h4-7,9-10H,2-3,8,11-13H2,1H3/b5-4+,7-6+,10-9+. The molecule has 0 fully saturated rings. The van der Waals surface area contributed by atoms with Gasteiger partial charge >= 0.3 is 0 Å². The zero-order chi connectivity index (χ0) is 11.2. The maximum absolute atomic E-state index is 8.32. The molecule has 0 aliphatic carbocycles. The van der Waals surface area contributed by atoms with Crippen molar-refractivity contribution >= 4 is 0 Å². The molecule has 1 nitrogen and oxygen atoms in total. The van der Waals surface area contributed by atoms with Crippen molar-refractivity contribution in [3.05, 3.63) is 36.5 Å². The number of allylic oxidation sites excluding steroid dienone is 6. The van der Waals surface area contributed by atoms with Gasteiger partial charge in [0, 0.05) is 6.42 Å². The molecule has 0 saturated carbocycles. The number of nitrogens with zero attached hydrogens (tertiary/aromatic N) is 1. The first kappa shape index (κ1) is 13.7. The fourth-order valence-electron chi connectivity index (χ4n) is 1.09. The fraction of sp³-hybridized carbons (Fsp3) is 0.500. The van der Waals surface area contributed by atoms with Crippen LogP contribution in [0.25, 0.3) is 0 Å². The first-order chi connectivity index (χ1) is 7.41. The number of unbranched alkanes of at least 4 members (excludes halogenated alkanes) is 3. The Bertz CT molecular complexity index is 241. The first-order valence-electron chi connectivity index (χ1n) is 5.75. The summed E-state index contributed by atoms with van der Waals surface area (Å²) in [5.41, 5.74) is 0. The lowest BCUT2D eigenvalue weighted by molar-refractivity contribution is 0.874. The largest absolute Gasteiger partial charge is 0.198 e. The molecule has 0 aliphatic heterocycles. The van der Waals surface area contributed by atoms with Crippen LogP contribution < -0.4 is 0 Å². The second-order valence-electron chi connectivity index (χ2n) is 3.40. The smallest absolute Gasteiger partial charge is 0.0621 e. The van der Waals surface area contributed by atoms with E-state index in [0.29, 0.717) is 6.42 Å². The predicted octanol–water partition coefficient (Wildman–Crippen LogP) is 4.54. The van der Waals surface area contributed by atoms with Crippen molar-refractivity contribution in [1.82, 2.24) is 0 Å². The van der Waals surface area contributed by atoms with Crippen molar-refractivity contribution in [1.29, 1.82) is 5.26 Å². The van der Waals surface area contributed by atoms with Crippen LogP contribution in [0.3, 0.4) is 0 Å². The summed E-state index contributed by atoms with van der Waals surface area (Å²) in [5.74, 6) is 0. The molecule has 0 bridgehead atoms. The summed E-state index contributed by atoms with van der Waals surface area (Å²) >= 11 is 0. The van der Waals surface area contributed by atoms with Crippen LogP contribution in [0.15, 0.2) is 36.5 Å². The van der Waals surface area contributed by atoms with Crippen LogP contribution in [0.2, 0.25) is 0 Å². The lowest BCUT2D eigenvalue weighted by Crippen LogP contribution is -1.68. The zero-order valence-corrected chi connectivity index (χ0v) is 9.65. The average Bonchev–Trinajstić information content (AvgIpc) is 2.26. The molecule has 0 unspecified atom stereocenters. The van der Waals surface area contributed by atoms with Crippen LogP contribution in [0.1, 0.15) is 45.4 Å². The monoisotopic (exact) mass is 203 g/mol. The number of hydrogen-bond donors (Lipinski definition) is 0. The Hall–Kier alpha value is -1.29. The number of nitriles is 1. The van der Waals surface area contributed by atoms with E-state index in [1.165, 1.54) is 6.42 Å². The van der Waals surface area contributed by atoms with Gasteiger partial charge in [0.25, 0.3) is 0 Å². The molecule has 0 spiro atoms. The van der Waals surface area contributed by atoms with E-state index >= 15 is 0 Å². The summed E-state index contributed by atoms with van der Waals surface area (Å²) in [6, 6.07) is 2.14. The Balaban J connectivity index is 3.32. The quantitative estimate of drug-likeness (QED) is 0.323. The minimum absolute atomic E-state index is 0.667. The molecule has 1 heteroatoms.